The van der Waals surface area contributed by atoms with Crippen molar-refractivity contribution in [2.24, 2.45) is 0 Å². The zero-order valence-corrected chi connectivity index (χ0v) is 14.5. The molecule has 1 aromatic rings. The largest absolute Gasteiger partial charge is 0.354 e. The predicted molar refractivity (Wildman–Crippen MR) is 96.1 cm³/mol. The standard InChI is InChI=1S/C19H28N4O/c24-18(23-14-6-1-2-7-15-23)17-11-13-21-19(22-17)20-12-10-16-8-4-3-5-9-16/h8,11,13H,1-7,9-10,12,14-15H2,(H,20,21,22). The van der Waals surface area contributed by atoms with Crippen molar-refractivity contribution in [3.63, 3.8) is 0 Å². The number of carbonyl (C=O) groups is 1. The van der Waals surface area contributed by atoms with Gasteiger partial charge in [-0.05, 0) is 51.0 Å². The molecule has 0 spiro atoms. The summed E-state index contributed by atoms with van der Waals surface area (Å²) in [6.45, 7) is 2.52. The highest BCUT2D eigenvalue weighted by atomic mass is 16.2. The fraction of sp³-hybridized carbons (Fsp3) is 0.632. The predicted octanol–water partition coefficient (Wildman–Crippen LogP) is 3.80. The summed E-state index contributed by atoms with van der Waals surface area (Å²) < 4.78 is 0. The molecule has 1 aliphatic carbocycles. The Balaban J connectivity index is 1.54. The maximum atomic E-state index is 12.6. The molecule has 0 atom stereocenters. The number of aromatic nitrogens is 2. The lowest BCUT2D eigenvalue weighted by molar-refractivity contribution is 0.0755. The van der Waals surface area contributed by atoms with E-state index in [1.54, 1.807) is 12.3 Å². The molecule has 1 N–H and O–H groups in total. The molecule has 1 saturated heterocycles. The Labute approximate surface area is 144 Å². The number of rotatable bonds is 5. The summed E-state index contributed by atoms with van der Waals surface area (Å²) in [5.41, 5.74) is 2.04. The second-order valence-corrected chi connectivity index (χ2v) is 6.76. The highest BCUT2D eigenvalue weighted by Gasteiger charge is 2.18. The Kier molecular flexibility index (Phi) is 6.21. The topological polar surface area (TPSA) is 58.1 Å². The van der Waals surface area contributed by atoms with Crippen molar-refractivity contribution in [1.82, 2.24) is 14.9 Å². The van der Waals surface area contributed by atoms with Gasteiger partial charge in [0.15, 0.2) is 0 Å². The van der Waals surface area contributed by atoms with Crippen LogP contribution in [-0.4, -0.2) is 40.4 Å². The lowest BCUT2D eigenvalue weighted by atomic mass is 9.97. The van der Waals surface area contributed by atoms with Crippen LogP contribution in [0.15, 0.2) is 23.9 Å². The quantitative estimate of drug-likeness (QED) is 0.835. The summed E-state index contributed by atoms with van der Waals surface area (Å²) >= 11 is 0. The summed E-state index contributed by atoms with van der Waals surface area (Å²) in [7, 11) is 0. The van der Waals surface area contributed by atoms with Gasteiger partial charge in [0.1, 0.15) is 5.69 Å². The third-order valence-electron chi connectivity index (χ3n) is 4.88. The second kappa shape index (κ2) is 8.81. The monoisotopic (exact) mass is 328 g/mol. The molecule has 1 aliphatic heterocycles. The zero-order valence-electron chi connectivity index (χ0n) is 14.5. The van der Waals surface area contributed by atoms with Crippen molar-refractivity contribution in [3.05, 3.63) is 29.6 Å². The fourth-order valence-electron chi connectivity index (χ4n) is 3.47. The molecular weight excluding hydrogens is 300 g/mol. The van der Waals surface area contributed by atoms with Crippen molar-refractivity contribution < 1.29 is 4.79 Å². The van der Waals surface area contributed by atoms with Gasteiger partial charge in [-0.15, -0.1) is 0 Å². The number of hydrogen-bond acceptors (Lipinski definition) is 4. The highest BCUT2D eigenvalue weighted by molar-refractivity contribution is 5.92. The molecule has 1 amide bonds. The minimum atomic E-state index is 0.0392. The fourth-order valence-corrected chi connectivity index (χ4v) is 3.47. The number of anilines is 1. The minimum absolute atomic E-state index is 0.0392. The van der Waals surface area contributed by atoms with E-state index >= 15 is 0 Å². The third kappa shape index (κ3) is 4.79. The molecule has 2 aliphatic rings. The minimum Gasteiger partial charge on any atom is -0.354 e. The molecule has 0 radical (unpaired) electrons. The Morgan fingerprint density at radius 1 is 1.12 bits per heavy atom. The average Bonchev–Trinajstić information content (AvgIpc) is 2.92. The first-order valence-electron chi connectivity index (χ1n) is 9.37. The van der Waals surface area contributed by atoms with E-state index in [1.165, 1.54) is 44.1 Å². The first-order chi connectivity index (χ1) is 11.8. The van der Waals surface area contributed by atoms with Gasteiger partial charge < -0.3 is 10.2 Å². The number of amides is 1. The van der Waals surface area contributed by atoms with Gasteiger partial charge in [0, 0.05) is 25.8 Å². The molecule has 3 rings (SSSR count). The van der Waals surface area contributed by atoms with Crippen LogP contribution in [0.25, 0.3) is 0 Å². The molecule has 130 valence electrons. The molecule has 0 saturated carbocycles. The molecule has 24 heavy (non-hydrogen) atoms. The van der Waals surface area contributed by atoms with Crippen molar-refractivity contribution >= 4 is 11.9 Å². The summed E-state index contributed by atoms with van der Waals surface area (Å²) in [6.07, 6.45) is 14.8. The second-order valence-electron chi connectivity index (χ2n) is 6.76. The van der Waals surface area contributed by atoms with Crippen molar-refractivity contribution in [1.29, 1.82) is 0 Å². The SMILES string of the molecule is O=C(c1ccnc(NCCC2=CCCCC2)n1)N1CCCCCC1. The Morgan fingerprint density at radius 2 is 1.96 bits per heavy atom. The van der Waals surface area contributed by atoms with Crippen LogP contribution in [0.3, 0.4) is 0 Å². The van der Waals surface area contributed by atoms with Crippen LogP contribution >= 0.6 is 0 Å². The summed E-state index contributed by atoms with van der Waals surface area (Å²) in [5.74, 6) is 0.601. The summed E-state index contributed by atoms with van der Waals surface area (Å²) in [4.78, 5) is 23.2. The maximum Gasteiger partial charge on any atom is 0.272 e. The molecule has 5 heteroatoms. The van der Waals surface area contributed by atoms with Gasteiger partial charge in [-0.25, -0.2) is 9.97 Å². The summed E-state index contributed by atoms with van der Waals surface area (Å²) in [5, 5.41) is 3.27. The van der Waals surface area contributed by atoms with Crippen LogP contribution in [0.4, 0.5) is 5.95 Å². The van der Waals surface area contributed by atoms with E-state index in [0.29, 0.717) is 11.6 Å². The summed E-state index contributed by atoms with van der Waals surface area (Å²) in [6, 6.07) is 1.72. The van der Waals surface area contributed by atoms with E-state index in [0.717, 1.165) is 38.9 Å². The van der Waals surface area contributed by atoms with E-state index in [9.17, 15) is 4.79 Å². The van der Waals surface area contributed by atoms with E-state index in [-0.39, 0.29) is 5.91 Å². The average molecular weight is 328 g/mol. The van der Waals surface area contributed by atoms with Gasteiger partial charge in [0.25, 0.3) is 5.91 Å². The maximum absolute atomic E-state index is 12.6. The molecule has 5 nitrogen and oxygen atoms in total. The van der Waals surface area contributed by atoms with Crippen molar-refractivity contribution in [2.45, 2.75) is 57.8 Å². The van der Waals surface area contributed by atoms with Crippen LogP contribution in [0.5, 0.6) is 0 Å². The molecule has 0 bridgehead atoms. The van der Waals surface area contributed by atoms with Crippen LogP contribution in [0.1, 0.15) is 68.3 Å². The van der Waals surface area contributed by atoms with E-state index < -0.39 is 0 Å². The van der Waals surface area contributed by atoms with Gasteiger partial charge in [-0.1, -0.05) is 24.5 Å². The van der Waals surface area contributed by atoms with E-state index in [1.807, 2.05) is 4.90 Å². The molecule has 1 fully saturated rings. The van der Waals surface area contributed by atoms with Gasteiger partial charge in [0.05, 0.1) is 0 Å². The Morgan fingerprint density at radius 3 is 2.71 bits per heavy atom. The number of hydrogen-bond donors (Lipinski definition) is 1. The first-order valence-corrected chi connectivity index (χ1v) is 9.37. The molecule has 2 heterocycles. The third-order valence-corrected chi connectivity index (χ3v) is 4.88. The molecular formula is C19H28N4O. The highest BCUT2D eigenvalue weighted by Crippen LogP contribution is 2.20. The number of nitrogens with zero attached hydrogens (tertiary/aromatic N) is 3. The first kappa shape index (κ1) is 16.9. The number of nitrogens with one attached hydrogen (secondary N) is 1. The zero-order chi connectivity index (χ0) is 16.6. The van der Waals surface area contributed by atoms with Crippen molar-refractivity contribution in [3.8, 4) is 0 Å². The van der Waals surface area contributed by atoms with Crippen molar-refractivity contribution in [2.75, 3.05) is 25.0 Å². The molecule has 1 aromatic heterocycles. The Hall–Kier alpha value is -1.91. The van der Waals surface area contributed by atoms with Gasteiger partial charge in [-0.2, -0.15) is 0 Å². The number of allylic oxidation sites excluding steroid dienone is 1. The van der Waals surface area contributed by atoms with E-state index in [4.69, 9.17) is 0 Å². The number of carbonyl (C=O) groups excluding carboxylic acids is 1. The van der Waals surface area contributed by atoms with Gasteiger partial charge >= 0.3 is 0 Å². The Bertz CT molecular complexity index is 576. The lowest BCUT2D eigenvalue weighted by Gasteiger charge is -2.19. The molecule has 0 unspecified atom stereocenters. The van der Waals surface area contributed by atoms with Gasteiger partial charge in [0.2, 0.25) is 5.95 Å². The van der Waals surface area contributed by atoms with E-state index in [2.05, 4.69) is 21.4 Å². The van der Waals surface area contributed by atoms with Gasteiger partial charge in [-0.3, -0.25) is 4.79 Å². The van der Waals surface area contributed by atoms with Crippen LogP contribution < -0.4 is 5.32 Å². The van der Waals surface area contributed by atoms with Crippen LogP contribution in [0, 0.1) is 0 Å². The van der Waals surface area contributed by atoms with Crippen LogP contribution in [0.2, 0.25) is 0 Å². The smallest absolute Gasteiger partial charge is 0.272 e. The number of likely N-dealkylation sites (tertiary alicyclic amines) is 1. The normalized spacial score (nSPS) is 18.7. The molecule has 0 aromatic carbocycles. The lowest BCUT2D eigenvalue weighted by Crippen LogP contribution is -2.32. The van der Waals surface area contributed by atoms with Crippen LogP contribution in [-0.2, 0) is 0 Å².